The molecule has 1 spiro atoms. The van der Waals surface area contributed by atoms with Crippen molar-refractivity contribution in [3.05, 3.63) is 101 Å². The molecule has 6 rings (SSSR count). The first-order valence-electron chi connectivity index (χ1n) is 14.0. The molecule has 1 saturated heterocycles. The van der Waals surface area contributed by atoms with Gasteiger partial charge in [-0.2, -0.15) is 0 Å². The van der Waals surface area contributed by atoms with E-state index in [1.807, 2.05) is 84.6 Å². The number of ketones is 2. The van der Waals surface area contributed by atoms with Crippen LogP contribution in [0.15, 0.2) is 78.9 Å². The fraction of sp³-hybridized carbons (Fsp3) is 0.324. The molecule has 1 amide bonds. The van der Waals surface area contributed by atoms with Crippen molar-refractivity contribution in [3.63, 3.8) is 0 Å². The Bertz CT molecular complexity index is 1500. The minimum Gasteiger partial charge on any atom is -0.352 e. The largest absolute Gasteiger partial charge is 0.352 e. The van der Waals surface area contributed by atoms with Crippen LogP contribution in [0.5, 0.6) is 0 Å². The highest BCUT2D eigenvalue weighted by Crippen LogP contribution is 2.58. The summed E-state index contributed by atoms with van der Waals surface area (Å²) in [5.41, 5.74) is 4.93. The predicted molar refractivity (Wildman–Crippen MR) is 155 cm³/mol. The van der Waals surface area contributed by atoms with Gasteiger partial charge in [0.2, 0.25) is 5.91 Å². The Labute approximate surface area is 229 Å². The van der Waals surface area contributed by atoms with Crippen LogP contribution in [0.1, 0.15) is 67.1 Å². The van der Waals surface area contributed by atoms with Crippen LogP contribution in [-0.2, 0) is 21.4 Å². The van der Waals surface area contributed by atoms with E-state index >= 15 is 0 Å². The average molecular weight is 519 g/mol. The number of aryl methyl sites for hydroxylation is 1. The number of amides is 1. The molecule has 1 N–H and O–H groups in total. The number of nitrogens with one attached hydrogen (secondary N) is 1. The van der Waals surface area contributed by atoms with Gasteiger partial charge in [0.05, 0.1) is 18.0 Å². The van der Waals surface area contributed by atoms with Gasteiger partial charge in [-0.05, 0) is 55.5 Å². The van der Waals surface area contributed by atoms with Crippen LogP contribution in [-0.4, -0.2) is 29.6 Å². The molecular formula is C34H34N2O3. The lowest BCUT2D eigenvalue weighted by Crippen LogP contribution is -2.51. The van der Waals surface area contributed by atoms with Crippen LogP contribution >= 0.6 is 0 Å². The molecule has 0 bridgehead atoms. The number of allylic oxidation sites excluding steroid dienone is 1. The van der Waals surface area contributed by atoms with Crippen molar-refractivity contribution in [2.24, 2.45) is 5.92 Å². The molecule has 1 fully saturated rings. The predicted octanol–water partition coefficient (Wildman–Crippen LogP) is 6.37. The summed E-state index contributed by atoms with van der Waals surface area (Å²) in [5.74, 6) is -1.39. The van der Waals surface area contributed by atoms with Crippen LogP contribution in [0.3, 0.4) is 0 Å². The highest BCUT2D eigenvalue weighted by molar-refractivity contribution is 6.16. The molecule has 5 heteroatoms. The molecule has 0 saturated carbocycles. The molecule has 198 valence electrons. The molecule has 3 heterocycles. The number of carbonyl (C=O) groups is 3. The lowest BCUT2D eigenvalue weighted by Gasteiger charge is -2.39. The van der Waals surface area contributed by atoms with E-state index in [1.165, 1.54) is 12.0 Å². The molecule has 0 unspecified atom stereocenters. The van der Waals surface area contributed by atoms with Crippen LogP contribution in [0.25, 0.3) is 5.57 Å². The Balaban J connectivity index is 1.54. The number of hydrogen-bond donors (Lipinski definition) is 1. The Kier molecular flexibility index (Phi) is 6.25. The Morgan fingerprint density at radius 1 is 0.949 bits per heavy atom. The van der Waals surface area contributed by atoms with Gasteiger partial charge in [-0.25, -0.2) is 0 Å². The standard InChI is InChI=1S/C34H34N2O3/c1-4-5-6-11-23-16-18-24(19-17-23)32(38)30-31(22(3)37)36-28-15-10-7-12-25(28)21(2)20-29(36)34(30)26-13-8-9-14-27(26)35-33(34)39/h7-10,12-20,29-31H,4-6,11H2,1-3H3,(H,35,39)/t29-,30-,31-,34+/m0/s1. The van der Waals surface area contributed by atoms with Gasteiger partial charge in [0, 0.05) is 22.5 Å². The minimum absolute atomic E-state index is 0.119. The number of carbonyl (C=O) groups excluding carboxylic acids is 3. The molecule has 4 atom stereocenters. The Hall–Kier alpha value is -3.99. The number of para-hydroxylation sites is 2. The van der Waals surface area contributed by atoms with Gasteiger partial charge in [-0.1, -0.05) is 86.5 Å². The van der Waals surface area contributed by atoms with E-state index in [-0.39, 0.29) is 17.5 Å². The van der Waals surface area contributed by atoms with Crippen LogP contribution < -0.4 is 10.2 Å². The molecule has 0 aliphatic carbocycles. The van der Waals surface area contributed by atoms with E-state index in [9.17, 15) is 14.4 Å². The Morgan fingerprint density at radius 3 is 2.41 bits per heavy atom. The summed E-state index contributed by atoms with van der Waals surface area (Å²) < 4.78 is 0. The van der Waals surface area contributed by atoms with Gasteiger partial charge in [0.25, 0.3) is 0 Å². The highest BCUT2D eigenvalue weighted by Gasteiger charge is 2.70. The summed E-state index contributed by atoms with van der Waals surface area (Å²) in [4.78, 5) is 44.4. The smallest absolute Gasteiger partial charge is 0.238 e. The van der Waals surface area contributed by atoms with Crippen molar-refractivity contribution < 1.29 is 14.4 Å². The van der Waals surface area contributed by atoms with Gasteiger partial charge < -0.3 is 10.2 Å². The average Bonchev–Trinajstić information content (AvgIpc) is 3.42. The fourth-order valence-electron chi connectivity index (χ4n) is 7.13. The fourth-order valence-corrected chi connectivity index (χ4v) is 7.13. The van der Waals surface area contributed by atoms with E-state index in [0.29, 0.717) is 11.3 Å². The van der Waals surface area contributed by atoms with Gasteiger partial charge in [0.15, 0.2) is 11.6 Å². The summed E-state index contributed by atoms with van der Waals surface area (Å²) in [6.07, 6.45) is 6.50. The number of anilines is 2. The monoisotopic (exact) mass is 518 g/mol. The SMILES string of the molecule is CCCCCc1ccc(C(=O)[C@@H]2[C@H](C(C)=O)N3c4ccccc4C(C)=C[C@H]3[C@@]23C(=O)Nc2ccccc23)cc1. The third-order valence-electron chi connectivity index (χ3n) is 8.89. The zero-order valence-corrected chi connectivity index (χ0v) is 22.7. The molecule has 3 aliphatic rings. The van der Waals surface area contributed by atoms with E-state index in [2.05, 4.69) is 18.3 Å². The number of hydrogen-bond acceptors (Lipinski definition) is 4. The van der Waals surface area contributed by atoms with Gasteiger partial charge in [0.1, 0.15) is 5.41 Å². The molecule has 0 aromatic heterocycles. The second-order valence-electron chi connectivity index (χ2n) is 11.1. The summed E-state index contributed by atoms with van der Waals surface area (Å²) in [6.45, 7) is 5.77. The van der Waals surface area contributed by atoms with Crippen LogP contribution in [0.4, 0.5) is 11.4 Å². The molecule has 39 heavy (non-hydrogen) atoms. The van der Waals surface area contributed by atoms with Crippen molar-refractivity contribution >= 4 is 34.4 Å². The number of unbranched alkanes of at least 4 members (excludes halogenated alkanes) is 2. The van der Waals surface area contributed by atoms with Crippen molar-refractivity contribution in [1.29, 1.82) is 0 Å². The first kappa shape index (κ1) is 25.3. The van der Waals surface area contributed by atoms with Gasteiger partial charge in [-0.15, -0.1) is 0 Å². The Morgan fingerprint density at radius 2 is 1.67 bits per heavy atom. The summed E-state index contributed by atoms with van der Waals surface area (Å²) in [6, 6.07) is 22.1. The molecule has 5 nitrogen and oxygen atoms in total. The zero-order valence-electron chi connectivity index (χ0n) is 22.7. The molecule has 3 aliphatic heterocycles. The normalized spacial score (nSPS) is 24.6. The van der Waals surface area contributed by atoms with Gasteiger partial charge >= 0.3 is 0 Å². The number of benzene rings is 3. The van der Waals surface area contributed by atoms with Crippen LogP contribution in [0.2, 0.25) is 0 Å². The molecule has 0 radical (unpaired) electrons. The topological polar surface area (TPSA) is 66.5 Å². The second-order valence-corrected chi connectivity index (χ2v) is 11.1. The first-order chi connectivity index (χ1) is 18.9. The number of rotatable bonds is 7. The third kappa shape index (κ3) is 3.70. The number of nitrogens with zero attached hydrogens (tertiary/aromatic N) is 1. The van der Waals surface area contributed by atoms with E-state index in [1.54, 1.807) is 6.92 Å². The van der Waals surface area contributed by atoms with Crippen molar-refractivity contribution in [2.75, 3.05) is 10.2 Å². The van der Waals surface area contributed by atoms with Crippen molar-refractivity contribution in [3.8, 4) is 0 Å². The zero-order chi connectivity index (χ0) is 27.3. The summed E-state index contributed by atoms with van der Waals surface area (Å²) >= 11 is 0. The van der Waals surface area contributed by atoms with Crippen molar-refractivity contribution in [1.82, 2.24) is 0 Å². The quantitative estimate of drug-likeness (QED) is 0.291. The van der Waals surface area contributed by atoms with E-state index in [4.69, 9.17) is 0 Å². The maximum absolute atomic E-state index is 14.6. The lowest BCUT2D eigenvalue weighted by molar-refractivity contribution is -0.122. The molecule has 3 aromatic rings. The minimum atomic E-state index is -1.24. The highest BCUT2D eigenvalue weighted by atomic mass is 16.2. The lowest BCUT2D eigenvalue weighted by atomic mass is 9.64. The van der Waals surface area contributed by atoms with Gasteiger partial charge in [-0.3, -0.25) is 14.4 Å². The number of Topliss-reactive ketones (excluding diaryl/α,β-unsaturated/α-hetero) is 2. The molecule has 3 aromatic carbocycles. The molecular weight excluding hydrogens is 484 g/mol. The van der Waals surface area contributed by atoms with E-state index in [0.717, 1.165) is 41.6 Å². The number of fused-ring (bicyclic) bond motifs is 6. The maximum atomic E-state index is 14.6. The van der Waals surface area contributed by atoms with E-state index < -0.39 is 23.4 Å². The summed E-state index contributed by atoms with van der Waals surface area (Å²) in [7, 11) is 0. The second kappa shape index (κ2) is 9.64. The first-order valence-corrected chi connectivity index (χ1v) is 14.0. The van der Waals surface area contributed by atoms with Crippen LogP contribution in [0, 0.1) is 5.92 Å². The summed E-state index contributed by atoms with van der Waals surface area (Å²) in [5, 5.41) is 3.08. The third-order valence-corrected chi connectivity index (χ3v) is 8.89. The van der Waals surface area contributed by atoms with Crippen molar-refractivity contribution in [2.45, 2.75) is 64.0 Å². The maximum Gasteiger partial charge on any atom is 0.238 e.